The predicted molar refractivity (Wildman–Crippen MR) is 119 cm³/mol. The molecule has 0 radical (unpaired) electrons. The maximum absolute atomic E-state index is 11.9. The summed E-state index contributed by atoms with van der Waals surface area (Å²) >= 11 is 0. The van der Waals surface area contributed by atoms with Crippen LogP contribution in [0.3, 0.4) is 0 Å². The molecular weight excluding hydrogens is 417 g/mol. The topological polar surface area (TPSA) is 94.1 Å². The van der Waals surface area contributed by atoms with Crippen molar-refractivity contribution in [3.63, 3.8) is 0 Å². The van der Waals surface area contributed by atoms with E-state index in [1.165, 1.54) is 0 Å². The Hall–Kier alpha value is -2.18. The largest absolute Gasteiger partial charge is 0.493 e. The molecule has 2 aromatic rings. The van der Waals surface area contributed by atoms with Crippen molar-refractivity contribution in [2.75, 3.05) is 6.61 Å². The van der Waals surface area contributed by atoms with E-state index in [1.54, 1.807) is 0 Å². The van der Waals surface area contributed by atoms with Crippen LogP contribution in [0.5, 0.6) is 5.75 Å². The van der Waals surface area contributed by atoms with Crippen molar-refractivity contribution in [2.24, 2.45) is 0 Å². The normalized spacial score (nSPS) is 12.8. The Balaban J connectivity index is 1.66. The highest BCUT2D eigenvalue weighted by Crippen LogP contribution is 2.41. The Morgan fingerprint density at radius 2 is 1.74 bits per heavy atom. The van der Waals surface area contributed by atoms with E-state index < -0.39 is 13.7 Å². The number of rotatable bonds is 15. The van der Waals surface area contributed by atoms with Gasteiger partial charge in [-0.2, -0.15) is 4.62 Å². The van der Waals surface area contributed by atoms with Crippen LogP contribution in [0.2, 0.25) is 0 Å². The molecule has 170 valence electrons. The number of hydroxylamine groups is 1. The SMILES string of the molecule is CCCCCCCC(=O)NOP(=O)(O)OCCc1cccc(OCc2ccccc2)c1. The molecule has 0 fully saturated rings. The van der Waals surface area contributed by atoms with Crippen molar-refractivity contribution in [2.45, 2.75) is 58.5 Å². The van der Waals surface area contributed by atoms with Crippen LogP contribution in [-0.2, 0) is 31.5 Å². The first-order valence-corrected chi connectivity index (χ1v) is 12.2. The van der Waals surface area contributed by atoms with Crippen LogP contribution >= 0.6 is 7.82 Å². The van der Waals surface area contributed by atoms with Crippen LogP contribution in [0, 0.1) is 0 Å². The molecule has 1 atom stereocenters. The molecule has 0 aromatic heterocycles. The number of ether oxygens (including phenoxy) is 1. The Morgan fingerprint density at radius 1 is 1.00 bits per heavy atom. The standard InChI is InChI=1S/C23H32NO6P/c1-2-3-4-5-9-15-23(25)24-30-31(26,27)29-17-16-20-13-10-14-22(18-20)28-19-21-11-7-6-8-12-21/h6-8,10-14,18H,2-5,9,15-17,19H2,1H3,(H,24,25)(H,26,27). The molecule has 31 heavy (non-hydrogen) atoms. The lowest BCUT2D eigenvalue weighted by Crippen LogP contribution is -2.22. The molecule has 2 rings (SSSR count). The Bertz CT molecular complexity index is 830. The third-order valence-corrected chi connectivity index (χ3v) is 5.41. The fourth-order valence-electron chi connectivity index (χ4n) is 2.89. The van der Waals surface area contributed by atoms with E-state index in [4.69, 9.17) is 9.26 Å². The van der Waals surface area contributed by atoms with Gasteiger partial charge in [-0.25, -0.2) is 10.0 Å². The maximum Gasteiger partial charge on any atom is 0.493 e. The molecule has 0 aliphatic carbocycles. The van der Waals surface area contributed by atoms with Crippen molar-refractivity contribution in [3.8, 4) is 5.75 Å². The second kappa shape index (κ2) is 14.0. The second-order valence-corrected chi connectivity index (χ2v) is 8.63. The summed E-state index contributed by atoms with van der Waals surface area (Å²) in [6.07, 6.45) is 5.65. The van der Waals surface area contributed by atoms with Crippen molar-refractivity contribution >= 4 is 13.7 Å². The van der Waals surface area contributed by atoms with Crippen LogP contribution < -0.4 is 10.2 Å². The van der Waals surface area contributed by atoms with Gasteiger partial charge in [-0.1, -0.05) is 75.1 Å². The molecule has 0 heterocycles. The molecule has 0 saturated heterocycles. The minimum absolute atomic E-state index is 0.0389. The van der Waals surface area contributed by atoms with Gasteiger partial charge in [-0.3, -0.25) is 9.32 Å². The summed E-state index contributed by atoms with van der Waals surface area (Å²) in [5, 5.41) is 0. The highest BCUT2D eigenvalue weighted by Gasteiger charge is 2.22. The third kappa shape index (κ3) is 11.1. The fourth-order valence-corrected chi connectivity index (χ4v) is 3.48. The smallest absolute Gasteiger partial charge is 0.489 e. The zero-order valence-electron chi connectivity index (χ0n) is 18.0. The van der Waals surface area contributed by atoms with Crippen LogP contribution in [0.4, 0.5) is 0 Å². The quantitative estimate of drug-likeness (QED) is 0.217. The number of phosphoric ester groups is 1. The van der Waals surface area contributed by atoms with E-state index >= 15 is 0 Å². The van der Waals surface area contributed by atoms with Crippen LogP contribution in [0.25, 0.3) is 0 Å². The highest BCUT2D eigenvalue weighted by atomic mass is 31.2. The first-order valence-electron chi connectivity index (χ1n) is 10.7. The molecule has 0 spiro atoms. The monoisotopic (exact) mass is 449 g/mol. The summed E-state index contributed by atoms with van der Waals surface area (Å²) in [7, 11) is -4.36. The van der Waals surface area contributed by atoms with Gasteiger partial charge in [0.25, 0.3) is 0 Å². The van der Waals surface area contributed by atoms with Gasteiger partial charge in [0.15, 0.2) is 0 Å². The zero-order chi connectivity index (χ0) is 22.4. The summed E-state index contributed by atoms with van der Waals surface area (Å²) in [5.74, 6) is 0.272. The van der Waals surface area contributed by atoms with E-state index in [-0.39, 0.29) is 13.0 Å². The maximum atomic E-state index is 11.9. The number of amides is 1. The van der Waals surface area contributed by atoms with Crippen LogP contribution in [-0.4, -0.2) is 17.4 Å². The van der Waals surface area contributed by atoms with Crippen molar-refractivity contribution in [1.29, 1.82) is 0 Å². The van der Waals surface area contributed by atoms with Gasteiger partial charge < -0.3 is 9.63 Å². The highest BCUT2D eigenvalue weighted by molar-refractivity contribution is 7.47. The number of hydrogen-bond donors (Lipinski definition) is 2. The van der Waals surface area contributed by atoms with Gasteiger partial charge in [0.2, 0.25) is 5.91 Å². The van der Waals surface area contributed by atoms with E-state index in [1.807, 2.05) is 60.1 Å². The van der Waals surface area contributed by atoms with Crippen molar-refractivity contribution < 1.29 is 28.1 Å². The molecule has 0 aliphatic heterocycles. The van der Waals surface area contributed by atoms with Gasteiger partial charge in [-0.15, -0.1) is 0 Å². The van der Waals surface area contributed by atoms with E-state index in [0.29, 0.717) is 25.2 Å². The summed E-state index contributed by atoms with van der Waals surface area (Å²) in [4.78, 5) is 21.4. The van der Waals surface area contributed by atoms with Crippen LogP contribution in [0.1, 0.15) is 56.6 Å². The number of nitrogens with one attached hydrogen (secondary N) is 1. The van der Waals surface area contributed by atoms with Crippen molar-refractivity contribution in [1.82, 2.24) is 5.48 Å². The van der Waals surface area contributed by atoms with Gasteiger partial charge in [-0.05, 0) is 36.1 Å². The lowest BCUT2D eigenvalue weighted by atomic mass is 10.1. The number of hydrogen-bond acceptors (Lipinski definition) is 5. The number of unbranched alkanes of at least 4 members (excludes halogenated alkanes) is 4. The average molecular weight is 449 g/mol. The summed E-state index contributed by atoms with van der Waals surface area (Å²) in [6, 6.07) is 17.3. The van der Waals surface area contributed by atoms with Crippen LogP contribution in [0.15, 0.2) is 54.6 Å². The Kier molecular flexibility index (Phi) is 11.3. The lowest BCUT2D eigenvalue weighted by Gasteiger charge is -2.12. The Morgan fingerprint density at radius 3 is 2.52 bits per heavy atom. The second-order valence-electron chi connectivity index (χ2n) is 7.25. The molecular formula is C23H32NO6P. The molecule has 0 aliphatic rings. The van der Waals surface area contributed by atoms with Crippen molar-refractivity contribution in [3.05, 3.63) is 65.7 Å². The van der Waals surface area contributed by atoms with E-state index in [0.717, 1.165) is 36.8 Å². The number of carbonyl (C=O) groups excluding carboxylic acids is 1. The van der Waals surface area contributed by atoms with Gasteiger partial charge in [0.05, 0.1) is 6.61 Å². The molecule has 2 aromatic carbocycles. The van der Waals surface area contributed by atoms with Gasteiger partial charge >= 0.3 is 7.82 Å². The molecule has 1 unspecified atom stereocenters. The first kappa shape index (κ1) is 25.1. The van der Waals surface area contributed by atoms with Gasteiger partial charge in [0.1, 0.15) is 12.4 Å². The van der Waals surface area contributed by atoms with Gasteiger partial charge in [0, 0.05) is 6.42 Å². The summed E-state index contributed by atoms with van der Waals surface area (Å²) in [5.41, 5.74) is 3.96. The van der Waals surface area contributed by atoms with E-state index in [9.17, 15) is 14.3 Å². The molecule has 0 bridgehead atoms. The molecule has 2 N–H and O–H groups in total. The predicted octanol–water partition coefficient (Wildman–Crippen LogP) is 5.33. The lowest BCUT2D eigenvalue weighted by molar-refractivity contribution is -0.128. The Labute approximate surface area is 184 Å². The average Bonchev–Trinajstić information content (AvgIpc) is 2.77. The molecule has 0 saturated carbocycles. The minimum atomic E-state index is -4.36. The number of phosphoric acid groups is 1. The molecule has 7 nitrogen and oxygen atoms in total. The zero-order valence-corrected chi connectivity index (χ0v) is 18.9. The number of carbonyl (C=O) groups is 1. The first-order chi connectivity index (χ1) is 15.0. The summed E-state index contributed by atoms with van der Waals surface area (Å²) < 4.78 is 27.2. The number of benzene rings is 2. The third-order valence-electron chi connectivity index (χ3n) is 4.57. The molecule has 8 heteroatoms. The minimum Gasteiger partial charge on any atom is -0.489 e. The molecule has 1 amide bonds. The fraction of sp³-hybridized carbons (Fsp3) is 0.435. The summed E-state index contributed by atoms with van der Waals surface area (Å²) in [6.45, 7) is 2.54. The van der Waals surface area contributed by atoms with E-state index in [2.05, 4.69) is 11.5 Å².